The molecule has 1 fully saturated rings. The van der Waals surface area contributed by atoms with E-state index in [9.17, 15) is 15.3 Å². The number of phenolic OH excluding ortho intramolecular Hbond substituents is 2. The number of aryl methyl sites for hydroxylation is 1. The van der Waals surface area contributed by atoms with Crippen LogP contribution in [0.4, 0.5) is 0 Å². The van der Waals surface area contributed by atoms with Gasteiger partial charge in [-0.1, -0.05) is 30.3 Å². The summed E-state index contributed by atoms with van der Waals surface area (Å²) in [7, 11) is 1.67. The minimum absolute atomic E-state index is 0.101. The Morgan fingerprint density at radius 2 is 1.62 bits per heavy atom. The standard InChI is InChI=1S/C33H32O6/c1-37-30-17-28-24(23-12-10-18-14-26(35)21-8-4-5-9-22(21)31(18)32(23)30)16-27(36)33(39-28)19-11-13-25(34)29(15-19)38-20-6-2-3-7-20/h4-5,8-9,11,13-15,17,20,27,33-36H,2-3,6-7,10,12,16H2,1H3. The Labute approximate surface area is 227 Å². The van der Waals surface area contributed by atoms with E-state index in [1.165, 1.54) is 0 Å². The molecule has 1 saturated carbocycles. The summed E-state index contributed by atoms with van der Waals surface area (Å²) in [6.07, 6.45) is 4.99. The first-order valence-electron chi connectivity index (χ1n) is 13.8. The first kappa shape index (κ1) is 24.2. The van der Waals surface area contributed by atoms with Crippen LogP contribution < -0.4 is 14.2 Å². The highest BCUT2D eigenvalue weighted by atomic mass is 16.5. The number of ether oxygens (including phenoxy) is 3. The summed E-state index contributed by atoms with van der Waals surface area (Å²) in [6, 6.07) is 16.9. The average Bonchev–Trinajstić information content (AvgIpc) is 3.46. The van der Waals surface area contributed by atoms with E-state index in [2.05, 4.69) is 0 Å². The van der Waals surface area contributed by atoms with Crippen molar-refractivity contribution in [3.05, 3.63) is 76.9 Å². The number of hydrogen-bond acceptors (Lipinski definition) is 6. The molecule has 1 aliphatic heterocycles. The van der Waals surface area contributed by atoms with Crippen molar-refractivity contribution in [3.8, 4) is 39.9 Å². The molecule has 7 rings (SSSR count). The number of methoxy groups -OCH3 is 1. The Morgan fingerprint density at radius 1 is 0.821 bits per heavy atom. The fourth-order valence-electron chi connectivity index (χ4n) is 6.74. The second-order valence-electron chi connectivity index (χ2n) is 10.9. The van der Waals surface area contributed by atoms with Crippen molar-refractivity contribution in [2.24, 2.45) is 0 Å². The molecule has 6 heteroatoms. The van der Waals surface area contributed by atoms with Gasteiger partial charge in [0.05, 0.1) is 19.3 Å². The topological polar surface area (TPSA) is 88.4 Å². The summed E-state index contributed by atoms with van der Waals surface area (Å²) in [5.41, 5.74) is 6.07. The van der Waals surface area contributed by atoms with E-state index < -0.39 is 12.2 Å². The summed E-state index contributed by atoms with van der Waals surface area (Å²) in [4.78, 5) is 0. The molecule has 4 aromatic carbocycles. The lowest BCUT2D eigenvalue weighted by Gasteiger charge is -2.35. The van der Waals surface area contributed by atoms with Gasteiger partial charge in [-0.3, -0.25) is 0 Å². The summed E-state index contributed by atoms with van der Waals surface area (Å²) in [5.74, 6) is 2.25. The molecular weight excluding hydrogens is 492 g/mol. The van der Waals surface area contributed by atoms with Gasteiger partial charge < -0.3 is 29.5 Å². The number of benzene rings is 4. The Morgan fingerprint density at radius 3 is 2.41 bits per heavy atom. The molecule has 2 aliphatic carbocycles. The first-order valence-corrected chi connectivity index (χ1v) is 13.8. The van der Waals surface area contributed by atoms with Crippen molar-refractivity contribution in [2.75, 3.05) is 7.11 Å². The highest BCUT2D eigenvalue weighted by Crippen LogP contribution is 2.51. The Hall–Kier alpha value is -3.90. The molecule has 1 heterocycles. The van der Waals surface area contributed by atoms with Crippen LogP contribution in [0.3, 0.4) is 0 Å². The second kappa shape index (κ2) is 9.38. The van der Waals surface area contributed by atoms with Crippen LogP contribution in [0, 0.1) is 0 Å². The van der Waals surface area contributed by atoms with Gasteiger partial charge in [0.15, 0.2) is 11.5 Å². The summed E-state index contributed by atoms with van der Waals surface area (Å²) >= 11 is 0. The van der Waals surface area contributed by atoms with Crippen LogP contribution in [0.15, 0.2) is 54.6 Å². The number of rotatable bonds is 4. The van der Waals surface area contributed by atoms with Crippen molar-refractivity contribution in [1.82, 2.24) is 0 Å². The van der Waals surface area contributed by atoms with E-state index in [4.69, 9.17) is 14.2 Å². The van der Waals surface area contributed by atoms with Gasteiger partial charge in [-0.05, 0) is 84.4 Å². The van der Waals surface area contributed by atoms with Gasteiger partial charge in [-0.15, -0.1) is 0 Å². The molecule has 0 radical (unpaired) electrons. The Kier molecular flexibility index (Phi) is 5.81. The molecule has 2 atom stereocenters. The maximum Gasteiger partial charge on any atom is 0.161 e. The molecule has 6 nitrogen and oxygen atoms in total. The van der Waals surface area contributed by atoms with Crippen LogP contribution in [-0.2, 0) is 19.3 Å². The lowest BCUT2D eigenvalue weighted by atomic mass is 9.78. The quantitative estimate of drug-likeness (QED) is 0.287. The van der Waals surface area contributed by atoms with Gasteiger partial charge in [0.2, 0.25) is 0 Å². The van der Waals surface area contributed by atoms with Gasteiger partial charge in [0, 0.05) is 29.0 Å². The van der Waals surface area contributed by atoms with E-state index in [0.29, 0.717) is 23.7 Å². The van der Waals surface area contributed by atoms with E-state index >= 15 is 0 Å². The maximum atomic E-state index is 11.4. The Balaban J connectivity index is 1.30. The number of aliphatic hydroxyl groups excluding tert-OH is 1. The molecule has 0 spiro atoms. The molecule has 200 valence electrons. The van der Waals surface area contributed by atoms with Crippen LogP contribution in [0.1, 0.15) is 54.0 Å². The second-order valence-corrected chi connectivity index (χ2v) is 10.9. The van der Waals surface area contributed by atoms with Crippen molar-refractivity contribution in [1.29, 1.82) is 0 Å². The summed E-state index contributed by atoms with van der Waals surface area (Å²) in [5, 5.41) is 34.3. The van der Waals surface area contributed by atoms with Crippen LogP contribution in [-0.4, -0.2) is 34.6 Å². The lowest BCUT2D eigenvalue weighted by Crippen LogP contribution is -2.31. The number of fused-ring (bicyclic) bond motifs is 7. The number of phenols is 2. The maximum absolute atomic E-state index is 11.4. The van der Waals surface area contributed by atoms with E-state index in [1.807, 2.05) is 36.4 Å². The minimum Gasteiger partial charge on any atom is -0.507 e. The number of aliphatic hydroxyl groups is 1. The van der Waals surface area contributed by atoms with Gasteiger partial charge in [0.25, 0.3) is 0 Å². The van der Waals surface area contributed by atoms with Gasteiger partial charge in [0.1, 0.15) is 23.4 Å². The van der Waals surface area contributed by atoms with Crippen LogP contribution >= 0.6 is 0 Å². The van der Waals surface area contributed by atoms with E-state index in [-0.39, 0.29) is 17.6 Å². The highest BCUT2D eigenvalue weighted by Gasteiger charge is 2.36. The number of aromatic hydroxyl groups is 2. The van der Waals surface area contributed by atoms with Crippen LogP contribution in [0.25, 0.3) is 21.9 Å². The predicted octanol–water partition coefficient (Wildman–Crippen LogP) is 6.38. The molecule has 3 N–H and O–H groups in total. The molecule has 0 amide bonds. The predicted molar refractivity (Wildman–Crippen MR) is 149 cm³/mol. The molecular formula is C33H32O6. The summed E-state index contributed by atoms with van der Waals surface area (Å²) < 4.78 is 18.5. The van der Waals surface area contributed by atoms with Crippen molar-refractivity contribution < 1.29 is 29.5 Å². The highest BCUT2D eigenvalue weighted by molar-refractivity contribution is 6.04. The lowest BCUT2D eigenvalue weighted by molar-refractivity contribution is 0.0201. The van der Waals surface area contributed by atoms with Crippen molar-refractivity contribution >= 4 is 10.8 Å². The fraction of sp³-hybridized carbons (Fsp3) is 0.333. The van der Waals surface area contributed by atoms with Gasteiger partial charge in [-0.2, -0.15) is 0 Å². The van der Waals surface area contributed by atoms with Crippen molar-refractivity contribution in [2.45, 2.75) is 63.3 Å². The zero-order chi connectivity index (χ0) is 26.7. The van der Waals surface area contributed by atoms with Gasteiger partial charge >= 0.3 is 0 Å². The third kappa shape index (κ3) is 3.97. The SMILES string of the molecule is COc1cc2c(c3c1-c1c(cc(O)c4ccccc14)CC3)CC(O)C(c1ccc(O)c(OC3CCCC3)c1)O2. The normalized spacial score (nSPS) is 20.2. The molecule has 0 saturated heterocycles. The fourth-order valence-corrected chi connectivity index (χ4v) is 6.74. The molecule has 39 heavy (non-hydrogen) atoms. The molecule has 0 aromatic heterocycles. The van der Waals surface area contributed by atoms with E-state index in [0.717, 1.165) is 82.7 Å². The number of hydrogen-bond donors (Lipinski definition) is 3. The third-order valence-corrected chi connectivity index (χ3v) is 8.62. The van der Waals surface area contributed by atoms with Crippen LogP contribution in [0.5, 0.6) is 28.7 Å². The van der Waals surface area contributed by atoms with Gasteiger partial charge in [-0.25, -0.2) is 0 Å². The molecule has 3 aliphatic rings. The molecule has 0 bridgehead atoms. The molecule has 2 unspecified atom stereocenters. The zero-order valence-corrected chi connectivity index (χ0v) is 21.9. The largest absolute Gasteiger partial charge is 0.507 e. The first-order chi connectivity index (χ1) is 19.0. The summed E-state index contributed by atoms with van der Waals surface area (Å²) in [6.45, 7) is 0. The minimum atomic E-state index is -0.767. The monoisotopic (exact) mass is 524 g/mol. The van der Waals surface area contributed by atoms with E-state index in [1.54, 1.807) is 25.3 Å². The molecule has 4 aromatic rings. The average molecular weight is 525 g/mol. The van der Waals surface area contributed by atoms with Crippen molar-refractivity contribution in [3.63, 3.8) is 0 Å². The smallest absolute Gasteiger partial charge is 0.161 e. The Bertz CT molecular complexity index is 1590. The zero-order valence-electron chi connectivity index (χ0n) is 21.9. The van der Waals surface area contributed by atoms with Crippen LogP contribution in [0.2, 0.25) is 0 Å². The third-order valence-electron chi connectivity index (χ3n) is 8.62.